The maximum absolute atomic E-state index is 12.0. The lowest BCUT2D eigenvalue weighted by molar-refractivity contribution is -0.118. The van der Waals surface area contributed by atoms with Crippen molar-refractivity contribution in [3.63, 3.8) is 0 Å². The zero-order valence-electron chi connectivity index (χ0n) is 13.2. The topological polar surface area (TPSA) is 92.8 Å². The second-order valence-corrected chi connectivity index (χ2v) is 7.23. The van der Waals surface area contributed by atoms with Crippen LogP contribution in [0.15, 0.2) is 54.6 Å². The average Bonchev–Trinajstić information content (AvgIpc) is 2.86. The van der Waals surface area contributed by atoms with Crippen LogP contribution in [0.1, 0.15) is 21.5 Å². The summed E-state index contributed by atoms with van der Waals surface area (Å²) in [7, 11) is -3.76. The molecule has 2 aromatic rings. The van der Waals surface area contributed by atoms with Crippen LogP contribution in [-0.2, 0) is 32.9 Å². The van der Waals surface area contributed by atoms with Crippen molar-refractivity contribution in [2.24, 2.45) is 0 Å². The van der Waals surface area contributed by atoms with Crippen molar-refractivity contribution in [3.8, 4) is 0 Å². The average molecular weight is 360 g/mol. The van der Waals surface area contributed by atoms with E-state index in [1.807, 2.05) is 35.1 Å². The molecule has 0 spiro atoms. The molecule has 130 valence electrons. The summed E-state index contributed by atoms with van der Waals surface area (Å²) in [6, 6.07) is 15.8. The van der Waals surface area contributed by atoms with Gasteiger partial charge >= 0.3 is 16.2 Å². The van der Waals surface area contributed by atoms with E-state index in [4.69, 9.17) is 4.74 Å². The smallest absolute Gasteiger partial charge is 0.338 e. The summed E-state index contributed by atoms with van der Waals surface area (Å²) in [6.45, 7) is 0.0326. The van der Waals surface area contributed by atoms with Gasteiger partial charge in [-0.05, 0) is 23.3 Å². The van der Waals surface area contributed by atoms with E-state index in [1.165, 1.54) is 0 Å². The summed E-state index contributed by atoms with van der Waals surface area (Å²) in [6.07, 6.45) is 0. The molecule has 1 heterocycles. The minimum atomic E-state index is -3.76. The third-order valence-corrected chi connectivity index (χ3v) is 5.09. The Morgan fingerprint density at radius 1 is 1.04 bits per heavy atom. The normalized spacial score (nSPS) is 16.4. The third-order valence-electron chi connectivity index (χ3n) is 3.66. The molecule has 0 atom stereocenters. The Labute approximate surface area is 145 Å². The van der Waals surface area contributed by atoms with Gasteiger partial charge in [-0.25, -0.2) is 9.52 Å². The number of nitrogens with zero attached hydrogens (tertiary/aromatic N) is 1. The Morgan fingerprint density at radius 3 is 2.32 bits per heavy atom. The van der Waals surface area contributed by atoms with Gasteiger partial charge < -0.3 is 4.74 Å². The highest BCUT2D eigenvalue weighted by atomic mass is 32.2. The molecule has 0 radical (unpaired) electrons. The van der Waals surface area contributed by atoms with Crippen molar-refractivity contribution in [1.29, 1.82) is 0 Å². The molecule has 8 heteroatoms. The Balaban J connectivity index is 1.60. The fourth-order valence-electron chi connectivity index (χ4n) is 2.38. The number of nitrogens with one attached hydrogen (secondary N) is 1. The second-order valence-electron chi connectivity index (χ2n) is 5.56. The number of hydrogen-bond donors (Lipinski definition) is 1. The van der Waals surface area contributed by atoms with E-state index in [2.05, 4.69) is 0 Å². The van der Waals surface area contributed by atoms with E-state index < -0.39 is 22.1 Å². The van der Waals surface area contributed by atoms with Gasteiger partial charge in [-0.2, -0.15) is 12.7 Å². The van der Waals surface area contributed by atoms with Crippen molar-refractivity contribution < 1.29 is 22.7 Å². The van der Waals surface area contributed by atoms with E-state index in [1.54, 1.807) is 24.3 Å². The summed E-state index contributed by atoms with van der Waals surface area (Å²) in [5, 5.41) is 0. The molecule has 2 aromatic carbocycles. The summed E-state index contributed by atoms with van der Waals surface area (Å²) in [4.78, 5) is 23.2. The number of benzene rings is 2. The van der Waals surface area contributed by atoms with Gasteiger partial charge in [0, 0.05) is 6.54 Å². The Bertz CT molecular complexity index is 879. The molecule has 0 saturated carbocycles. The van der Waals surface area contributed by atoms with E-state index in [9.17, 15) is 18.0 Å². The molecule has 1 aliphatic rings. The molecular formula is C17H16N2O5S. The molecule has 25 heavy (non-hydrogen) atoms. The molecule has 7 nitrogen and oxygen atoms in total. The fourth-order valence-corrected chi connectivity index (χ4v) is 3.47. The summed E-state index contributed by atoms with van der Waals surface area (Å²) in [5.74, 6) is -1.01. The first-order valence-electron chi connectivity index (χ1n) is 7.55. The van der Waals surface area contributed by atoms with Crippen LogP contribution in [0.25, 0.3) is 0 Å². The SMILES string of the molecule is O=C1CN(Cc2ccc(C(=O)OCc3ccccc3)cc2)S(=O)(=O)N1. The third kappa shape index (κ3) is 4.23. The van der Waals surface area contributed by atoms with E-state index in [0.717, 1.165) is 9.87 Å². The highest BCUT2D eigenvalue weighted by Crippen LogP contribution is 2.14. The van der Waals surface area contributed by atoms with Gasteiger partial charge in [0.05, 0.1) is 12.1 Å². The maximum Gasteiger partial charge on any atom is 0.338 e. The van der Waals surface area contributed by atoms with Crippen molar-refractivity contribution in [2.75, 3.05) is 6.54 Å². The van der Waals surface area contributed by atoms with E-state index in [0.29, 0.717) is 11.1 Å². The zero-order valence-corrected chi connectivity index (χ0v) is 14.0. The Morgan fingerprint density at radius 2 is 1.72 bits per heavy atom. The number of carbonyl (C=O) groups is 2. The van der Waals surface area contributed by atoms with Gasteiger partial charge in [0.1, 0.15) is 6.61 Å². The van der Waals surface area contributed by atoms with Crippen LogP contribution < -0.4 is 4.72 Å². The second kappa shape index (κ2) is 7.04. The summed E-state index contributed by atoms with van der Waals surface area (Å²) >= 11 is 0. The largest absolute Gasteiger partial charge is 0.457 e. The van der Waals surface area contributed by atoms with Gasteiger partial charge in [-0.3, -0.25) is 4.79 Å². The van der Waals surface area contributed by atoms with Crippen molar-refractivity contribution in [2.45, 2.75) is 13.2 Å². The van der Waals surface area contributed by atoms with Crippen LogP contribution in [0.3, 0.4) is 0 Å². The summed E-state index contributed by atoms with van der Waals surface area (Å²) in [5.41, 5.74) is 1.93. The molecule has 1 amide bonds. The predicted molar refractivity (Wildman–Crippen MR) is 89.5 cm³/mol. The van der Waals surface area contributed by atoms with Crippen LogP contribution >= 0.6 is 0 Å². The molecule has 0 aromatic heterocycles. The van der Waals surface area contributed by atoms with E-state index in [-0.39, 0.29) is 19.7 Å². The molecular weight excluding hydrogens is 344 g/mol. The van der Waals surface area contributed by atoms with Crippen LogP contribution in [-0.4, -0.2) is 31.1 Å². The first kappa shape index (κ1) is 17.1. The fraction of sp³-hybridized carbons (Fsp3) is 0.176. The molecule has 1 aliphatic heterocycles. The lowest BCUT2D eigenvalue weighted by Gasteiger charge is -2.12. The minimum absolute atomic E-state index is 0.0560. The highest BCUT2D eigenvalue weighted by Gasteiger charge is 2.33. The van der Waals surface area contributed by atoms with Gasteiger partial charge in [0.25, 0.3) is 0 Å². The first-order chi connectivity index (χ1) is 11.9. The summed E-state index contributed by atoms with van der Waals surface area (Å²) < 4.78 is 31.6. The van der Waals surface area contributed by atoms with Crippen molar-refractivity contribution >= 4 is 22.1 Å². The highest BCUT2D eigenvalue weighted by molar-refractivity contribution is 7.88. The molecule has 0 bridgehead atoms. The lowest BCUT2D eigenvalue weighted by Crippen LogP contribution is -2.29. The van der Waals surface area contributed by atoms with Crippen LogP contribution in [0.4, 0.5) is 0 Å². The molecule has 1 N–H and O–H groups in total. The van der Waals surface area contributed by atoms with Crippen LogP contribution in [0, 0.1) is 0 Å². The number of hydrogen-bond acceptors (Lipinski definition) is 5. The van der Waals surface area contributed by atoms with Gasteiger partial charge in [-0.15, -0.1) is 0 Å². The molecule has 0 unspecified atom stereocenters. The molecule has 0 aliphatic carbocycles. The molecule has 3 rings (SSSR count). The van der Waals surface area contributed by atoms with Crippen molar-refractivity contribution in [3.05, 3.63) is 71.3 Å². The molecule has 1 saturated heterocycles. The number of carbonyl (C=O) groups excluding carboxylic acids is 2. The number of ether oxygens (including phenoxy) is 1. The number of rotatable bonds is 5. The quantitative estimate of drug-likeness (QED) is 0.810. The minimum Gasteiger partial charge on any atom is -0.457 e. The Kier molecular flexibility index (Phi) is 4.82. The first-order valence-corrected chi connectivity index (χ1v) is 8.99. The lowest BCUT2D eigenvalue weighted by atomic mass is 10.1. The number of esters is 1. The van der Waals surface area contributed by atoms with Crippen LogP contribution in [0.2, 0.25) is 0 Å². The monoisotopic (exact) mass is 360 g/mol. The van der Waals surface area contributed by atoms with Gasteiger partial charge in [0.15, 0.2) is 0 Å². The zero-order chi connectivity index (χ0) is 17.9. The van der Waals surface area contributed by atoms with Crippen LogP contribution in [0.5, 0.6) is 0 Å². The standard InChI is InChI=1S/C17H16N2O5S/c20-16-11-19(25(22,23)18-16)10-13-6-8-15(9-7-13)17(21)24-12-14-4-2-1-3-5-14/h1-9H,10-12H2,(H,18,20). The van der Waals surface area contributed by atoms with Gasteiger partial charge in [-0.1, -0.05) is 42.5 Å². The van der Waals surface area contributed by atoms with E-state index >= 15 is 0 Å². The van der Waals surface area contributed by atoms with Gasteiger partial charge in [0.2, 0.25) is 5.91 Å². The molecule has 1 fully saturated rings. The Hall–Kier alpha value is -2.71. The number of amides is 1. The van der Waals surface area contributed by atoms with Crippen molar-refractivity contribution in [1.82, 2.24) is 9.03 Å². The predicted octanol–water partition coefficient (Wildman–Crippen LogP) is 1.22. The maximum atomic E-state index is 12.0.